The minimum Gasteiger partial charge on any atom is -0.369 e. The number of likely N-dealkylation sites (N-methyl/N-ethyl adjacent to an activating group) is 1. The third-order valence-electron chi connectivity index (χ3n) is 4.68. The quantitative estimate of drug-likeness (QED) is 0.909. The molecule has 25 heavy (non-hydrogen) atoms. The Balaban J connectivity index is 1.73. The fraction of sp³-hybridized carbons (Fsp3) is 0.368. The molecule has 0 saturated carbocycles. The lowest BCUT2D eigenvalue weighted by molar-refractivity contribution is 0.102. The van der Waals surface area contributed by atoms with Crippen molar-refractivity contribution in [1.29, 1.82) is 0 Å². The number of hydrogen-bond donors (Lipinski definition) is 1. The molecule has 1 fully saturated rings. The normalized spacial score (nSPS) is 15.2. The summed E-state index contributed by atoms with van der Waals surface area (Å²) >= 11 is 6.12. The molecular formula is C19H23ClN4O. The average Bonchev–Trinajstić information content (AvgIpc) is 2.65. The van der Waals surface area contributed by atoms with Gasteiger partial charge >= 0.3 is 0 Å². The zero-order valence-corrected chi connectivity index (χ0v) is 15.4. The fourth-order valence-corrected chi connectivity index (χ4v) is 3.17. The van der Waals surface area contributed by atoms with Crippen LogP contribution >= 0.6 is 11.6 Å². The van der Waals surface area contributed by atoms with Gasteiger partial charge in [-0.05, 0) is 43.3 Å². The van der Waals surface area contributed by atoms with Gasteiger partial charge in [-0.25, -0.2) is 0 Å². The molecular weight excluding hydrogens is 336 g/mol. The van der Waals surface area contributed by atoms with Crippen LogP contribution in [0.2, 0.25) is 5.02 Å². The minimum absolute atomic E-state index is 0.223. The van der Waals surface area contributed by atoms with Gasteiger partial charge in [-0.15, -0.1) is 0 Å². The highest BCUT2D eigenvalue weighted by atomic mass is 35.5. The molecule has 0 atom stereocenters. The highest BCUT2D eigenvalue weighted by Crippen LogP contribution is 2.24. The van der Waals surface area contributed by atoms with Crippen LogP contribution in [0, 0.1) is 6.92 Å². The van der Waals surface area contributed by atoms with E-state index in [0.29, 0.717) is 16.4 Å². The lowest BCUT2D eigenvalue weighted by Crippen LogP contribution is -2.46. The Kier molecular flexibility index (Phi) is 5.56. The zero-order chi connectivity index (χ0) is 17.8. The van der Waals surface area contributed by atoms with Gasteiger partial charge in [0.15, 0.2) is 0 Å². The van der Waals surface area contributed by atoms with E-state index in [9.17, 15) is 4.79 Å². The van der Waals surface area contributed by atoms with E-state index in [1.807, 2.05) is 31.2 Å². The number of carbonyl (C=O) groups excluding carboxylic acids is 1. The molecule has 132 valence electrons. The van der Waals surface area contributed by atoms with Gasteiger partial charge in [0.05, 0.1) is 0 Å². The number of nitrogens with zero attached hydrogens (tertiary/aromatic N) is 3. The average molecular weight is 359 g/mol. The van der Waals surface area contributed by atoms with E-state index in [0.717, 1.165) is 44.0 Å². The molecule has 3 rings (SSSR count). The van der Waals surface area contributed by atoms with Gasteiger partial charge in [0.25, 0.3) is 5.91 Å². The summed E-state index contributed by atoms with van der Waals surface area (Å²) in [7, 11) is 0. The van der Waals surface area contributed by atoms with Gasteiger partial charge in [0.1, 0.15) is 5.69 Å². The number of amides is 1. The van der Waals surface area contributed by atoms with Crippen molar-refractivity contribution in [3.8, 4) is 0 Å². The number of hydrogen-bond acceptors (Lipinski definition) is 4. The number of pyridine rings is 1. The number of aromatic nitrogens is 1. The summed E-state index contributed by atoms with van der Waals surface area (Å²) in [4.78, 5) is 21.5. The smallest absolute Gasteiger partial charge is 0.274 e. The molecule has 1 aromatic carbocycles. The lowest BCUT2D eigenvalue weighted by atomic mass is 10.2. The van der Waals surface area contributed by atoms with E-state index in [-0.39, 0.29) is 5.91 Å². The molecule has 1 aliphatic rings. The van der Waals surface area contributed by atoms with Crippen LogP contribution in [0.3, 0.4) is 0 Å². The Morgan fingerprint density at radius 1 is 1.24 bits per heavy atom. The molecule has 0 radical (unpaired) electrons. The van der Waals surface area contributed by atoms with E-state index in [1.54, 1.807) is 12.3 Å². The molecule has 1 amide bonds. The first-order valence-electron chi connectivity index (χ1n) is 8.58. The summed E-state index contributed by atoms with van der Waals surface area (Å²) in [5, 5.41) is 3.53. The van der Waals surface area contributed by atoms with E-state index in [4.69, 9.17) is 11.6 Å². The number of piperazine rings is 1. The van der Waals surface area contributed by atoms with Gasteiger partial charge in [0, 0.05) is 48.8 Å². The van der Waals surface area contributed by atoms with Crippen LogP contribution in [0.1, 0.15) is 23.0 Å². The maximum atomic E-state index is 12.6. The first kappa shape index (κ1) is 17.7. The van der Waals surface area contributed by atoms with Crippen LogP contribution in [0.15, 0.2) is 36.5 Å². The Morgan fingerprint density at radius 2 is 2.00 bits per heavy atom. The molecule has 1 aromatic heterocycles. The summed E-state index contributed by atoms with van der Waals surface area (Å²) in [6.07, 6.45) is 1.70. The molecule has 0 spiro atoms. The molecule has 0 unspecified atom stereocenters. The van der Waals surface area contributed by atoms with Crippen LogP contribution in [-0.4, -0.2) is 48.5 Å². The van der Waals surface area contributed by atoms with Gasteiger partial charge < -0.3 is 15.1 Å². The van der Waals surface area contributed by atoms with Crippen molar-refractivity contribution in [2.45, 2.75) is 13.8 Å². The molecule has 6 heteroatoms. The Hall–Kier alpha value is -2.11. The fourth-order valence-electron chi connectivity index (χ4n) is 2.99. The number of anilines is 2. The standard InChI is InChI=1S/C19H23ClN4O/c1-3-23-9-11-24(12-10-23)15-7-8-21-18(13-15)19(25)22-17-6-4-5-16(20)14(17)2/h4-8,13H,3,9-12H2,1-2H3,(H,22,25). The van der Waals surface area contributed by atoms with Crippen LogP contribution in [0.4, 0.5) is 11.4 Å². The van der Waals surface area contributed by atoms with Crippen LogP contribution < -0.4 is 10.2 Å². The lowest BCUT2D eigenvalue weighted by Gasteiger charge is -2.35. The maximum Gasteiger partial charge on any atom is 0.274 e. The Bertz CT molecular complexity index is 757. The Labute approximate surface area is 153 Å². The van der Waals surface area contributed by atoms with Gasteiger partial charge in [-0.1, -0.05) is 24.6 Å². The van der Waals surface area contributed by atoms with E-state index >= 15 is 0 Å². The number of halogens is 1. The van der Waals surface area contributed by atoms with Crippen molar-refractivity contribution < 1.29 is 4.79 Å². The molecule has 1 N–H and O–H groups in total. The van der Waals surface area contributed by atoms with Crippen LogP contribution in [0.5, 0.6) is 0 Å². The summed E-state index contributed by atoms with van der Waals surface area (Å²) in [5.41, 5.74) is 3.01. The molecule has 0 bridgehead atoms. The number of benzene rings is 1. The van der Waals surface area contributed by atoms with Gasteiger partial charge in [0.2, 0.25) is 0 Å². The van der Waals surface area contributed by atoms with Crippen molar-refractivity contribution in [2.75, 3.05) is 42.9 Å². The van der Waals surface area contributed by atoms with Crippen LogP contribution in [-0.2, 0) is 0 Å². The first-order chi connectivity index (χ1) is 12.1. The summed E-state index contributed by atoms with van der Waals surface area (Å²) in [6.45, 7) is 9.16. The van der Waals surface area contributed by atoms with Crippen molar-refractivity contribution >= 4 is 28.9 Å². The predicted octanol–water partition coefficient (Wildman–Crippen LogP) is 3.44. The summed E-state index contributed by atoms with van der Waals surface area (Å²) < 4.78 is 0. The van der Waals surface area contributed by atoms with Crippen LogP contribution in [0.25, 0.3) is 0 Å². The monoisotopic (exact) mass is 358 g/mol. The predicted molar refractivity (Wildman–Crippen MR) is 103 cm³/mol. The highest BCUT2D eigenvalue weighted by molar-refractivity contribution is 6.31. The summed E-state index contributed by atoms with van der Waals surface area (Å²) in [5.74, 6) is -0.223. The number of rotatable bonds is 4. The zero-order valence-electron chi connectivity index (χ0n) is 14.6. The summed E-state index contributed by atoms with van der Waals surface area (Å²) in [6, 6.07) is 9.29. The third kappa shape index (κ3) is 4.11. The topological polar surface area (TPSA) is 48.5 Å². The molecule has 0 aliphatic carbocycles. The molecule has 2 heterocycles. The minimum atomic E-state index is -0.223. The second-order valence-corrected chi connectivity index (χ2v) is 6.59. The third-order valence-corrected chi connectivity index (χ3v) is 5.09. The van der Waals surface area contributed by atoms with Crippen molar-refractivity contribution in [1.82, 2.24) is 9.88 Å². The molecule has 2 aromatic rings. The van der Waals surface area contributed by atoms with Crippen molar-refractivity contribution in [2.24, 2.45) is 0 Å². The highest BCUT2D eigenvalue weighted by Gasteiger charge is 2.18. The number of carbonyl (C=O) groups is 1. The van der Waals surface area contributed by atoms with Gasteiger partial charge in [-0.2, -0.15) is 0 Å². The largest absolute Gasteiger partial charge is 0.369 e. The SMILES string of the molecule is CCN1CCN(c2ccnc(C(=O)Nc3cccc(Cl)c3C)c2)CC1. The first-order valence-corrected chi connectivity index (χ1v) is 8.96. The van der Waals surface area contributed by atoms with E-state index in [2.05, 4.69) is 27.0 Å². The van der Waals surface area contributed by atoms with Crippen molar-refractivity contribution in [3.63, 3.8) is 0 Å². The molecule has 5 nitrogen and oxygen atoms in total. The Morgan fingerprint density at radius 3 is 2.72 bits per heavy atom. The van der Waals surface area contributed by atoms with Gasteiger partial charge in [-0.3, -0.25) is 9.78 Å². The molecule has 1 saturated heterocycles. The second-order valence-electron chi connectivity index (χ2n) is 6.19. The van der Waals surface area contributed by atoms with E-state index in [1.165, 1.54) is 0 Å². The number of nitrogens with one attached hydrogen (secondary N) is 1. The second kappa shape index (κ2) is 7.85. The molecule has 1 aliphatic heterocycles. The maximum absolute atomic E-state index is 12.6. The van der Waals surface area contributed by atoms with E-state index < -0.39 is 0 Å². The van der Waals surface area contributed by atoms with Crippen molar-refractivity contribution in [3.05, 3.63) is 52.8 Å².